The van der Waals surface area contributed by atoms with Crippen LogP contribution >= 0.6 is 7.75 Å². The van der Waals surface area contributed by atoms with E-state index in [0.29, 0.717) is 12.2 Å². The Morgan fingerprint density at radius 2 is 1.90 bits per heavy atom. The molecule has 0 saturated heterocycles. The average Bonchev–Trinajstić information content (AvgIpc) is 2.45. The molecule has 7 heteroatoms. The van der Waals surface area contributed by atoms with Gasteiger partial charge in [-0.3, -0.25) is 9.32 Å². The number of para-hydroxylation sites is 1. The molecule has 0 radical (unpaired) electrons. The van der Waals surface area contributed by atoms with Crippen LogP contribution in [0.15, 0.2) is 30.3 Å². The quantitative estimate of drug-likeness (QED) is 0.587. The van der Waals surface area contributed by atoms with Crippen LogP contribution in [0.5, 0.6) is 5.75 Å². The highest BCUT2D eigenvalue weighted by molar-refractivity contribution is 7.52. The first-order chi connectivity index (χ1) is 9.90. The third-order valence-corrected chi connectivity index (χ3v) is 4.13. The highest BCUT2D eigenvalue weighted by Gasteiger charge is 2.32. The molecule has 6 nitrogen and oxygen atoms in total. The van der Waals surface area contributed by atoms with E-state index in [4.69, 9.17) is 13.8 Å². The summed E-state index contributed by atoms with van der Waals surface area (Å²) in [6.07, 6.45) is 0.155. The molecule has 1 aromatic rings. The van der Waals surface area contributed by atoms with Gasteiger partial charge < -0.3 is 9.26 Å². The van der Waals surface area contributed by atoms with Crippen molar-refractivity contribution in [1.29, 1.82) is 0 Å². The van der Waals surface area contributed by atoms with E-state index in [-0.39, 0.29) is 6.10 Å². The summed E-state index contributed by atoms with van der Waals surface area (Å²) in [7, 11) is -2.38. The minimum absolute atomic E-state index is 0.245. The minimum Gasteiger partial charge on any atom is -0.462 e. The molecule has 0 saturated carbocycles. The lowest BCUT2D eigenvalue weighted by Crippen LogP contribution is -2.38. The van der Waals surface area contributed by atoms with Gasteiger partial charge in [-0.05, 0) is 32.4 Å². The van der Waals surface area contributed by atoms with Gasteiger partial charge in [0.1, 0.15) is 11.8 Å². The van der Waals surface area contributed by atoms with E-state index in [1.54, 1.807) is 45.0 Å². The fourth-order valence-electron chi connectivity index (χ4n) is 1.55. The molecule has 0 bridgehead atoms. The fraction of sp³-hybridized carbons (Fsp3) is 0.500. The summed E-state index contributed by atoms with van der Waals surface area (Å²) in [6.45, 7) is 5.28. The third kappa shape index (κ3) is 5.87. The van der Waals surface area contributed by atoms with Crippen molar-refractivity contribution in [3.8, 4) is 5.75 Å². The smallest absolute Gasteiger partial charge is 0.459 e. The molecule has 1 N–H and O–H groups in total. The number of carbonyl (C=O) groups excluding carboxylic acids is 1. The molecule has 0 fully saturated rings. The van der Waals surface area contributed by atoms with Crippen molar-refractivity contribution < 1.29 is 23.1 Å². The summed E-state index contributed by atoms with van der Waals surface area (Å²) in [5.41, 5.74) is 0. The summed E-state index contributed by atoms with van der Waals surface area (Å²) in [5, 5.41) is 2.62. The summed E-state index contributed by atoms with van der Waals surface area (Å²) >= 11 is 0. The van der Waals surface area contributed by atoms with Crippen LogP contribution in [0.2, 0.25) is 0 Å². The van der Waals surface area contributed by atoms with E-state index >= 15 is 0 Å². The van der Waals surface area contributed by atoms with Crippen molar-refractivity contribution >= 4 is 13.7 Å². The zero-order chi connectivity index (χ0) is 15.9. The maximum absolute atomic E-state index is 12.5. The monoisotopic (exact) mass is 315 g/mol. The highest BCUT2D eigenvalue weighted by atomic mass is 31.2. The second-order valence-corrected chi connectivity index (χ2v) is 6.46. The van der Waals surface area contributed by atoms with Crippen molar-refractivity contribution in [2.24, 2.45) is 0 Å². The second-order valence-electron chi connectivity index (χ2n) is 4.66. The van der Waals surface area contributed by atoms with Crippen LogP contribution in [-0.2, 0) is 18.6 Å². The lowest BCUT2D eigenvalue weighted by Gasteiger charge is -2.23. The Bertz CT molecular complexity index is 491. The van der Waals surface area contributed by atoms with Crippen LogP contribution < -0.4 is 9.61 Å². The number of hydrogen-bond acceptors (Lipinski definition) is 5. The number of rotatable bonds is 8. The number of carbonyl (C=O) groups is 1. The first-order valence-corrected chi connectivity index (χ1v) is 8.33. The maximum atomic E-state index is 12.5. The topological polar surface area (TPSA) is 73.9 Å². The number of nitrogens with one attached hydrogen (secondary N) is 1. The summed E-state index contributed by atoms with van der Waals surface area (Å²) in [4.78, 5) is 11.9. The SMILES string of the molecule is CCC(NP(=O)(OC)Oc1ccccc1)C(=O)OC(C)C. The Kier molecular flexibility index (Phi) is 6.89. The molecule has 118 valence electrons. The van der Waals surface area contributed by atoms with Gasteiger partial charge in [0.05, 0.1) is 6.10 Å². The lowest BCUT2D eigenvalue weighted by atomic mass is 10.2. The van der Waals surface area contributed by atoms with E-state index in [2.05, 4.69) is 5.09 Å². The lowest BCUT2D eigenvalue weighted by molar-refractivity contribution is -0.149. The normalized spacial score (nSPS) is 15.3. The van der Waals surface area contributed by atoms with Gasteiger partial charge in [-0.2, -0.15) is 5.09 Å². The van der Waals surface area contributed by atoms with Gasteiger partial charge in [0.2, 0.25) is 0 Å². The molecule has 2 atom stereocenters. The number of benzene rings is 1. The number of ether oxygens (including phenoxy) is 1. The predicted octanol–water partition coefficient (Wildman–Crippen LogP) is 3.14. The summed E-state index contributed by atoms with van der Waals surface area (Å²) in [5.74, 6) is -0.0938. The first kappa shape index (κ1) is 17.7. The van der Waals surface area contributed by atoms with E-state index in [0.717, 1.165) is 0 Å². The predicted molar refractivity (Wildman–Crippen MR) is 80.1 cm³/mol. The van der Waals surface area contributed by atoms with E-state index in [1.165, 1.54) is 7.11 Å². The van der Waals surface area contributed by atoms with Crippen LogP contribution in [0.1, 0.15) is 27.2 Å². The van der Waals surface area contributed by atoms with E-state index in [9.17, 15) is 9.36 Å². The summed E-state index contributed by atoms with van der Waals surface area (Å²) in [6, 6.07) is 7.86. The van der Waals surface area contributed by atoms with Crippen molar-refractivity contribution in [1.82, 2.24) is 5.09 Å². The van der Waals surface area contributed by atoms with Crippen LogP contribution in [-0.4, -0.2) is 25.2 Å². The highest BCUT2D eigenvalue weighted by Crippen LogP contribution is 2.44. The van der Waals surface area contributed by atoms with Gasteiger partial charge in [-0.25, -0.2) is 4.57 Å². The molecular formula is C14H22NO5P. The molecule has 0 aliphatic heterocycles. The van der Waals surface area contributed by atoms with Gasteiger partial charge in [0.15, 0.2) is 0 Å². The van der Waals surface area contributed by atoms with Crippen LogP contribution in [0.3, 0.4) is 0 Å². The molecular weight excluding hydrogens is 293 g/mol. The van der Waals surface area contributed by atoms with Gasteiger partial charge >= 0.3 is 13.7 Å². The van der Waals surface area contributed by atoms with Crippen LogP contribution in [0.4, 0.5) is 0 Å². The van der Waals surface area contributed by atoms with Crippen LogP contribution in [0, 0.1) is 0 Å². The zero-order valence-corrected chi connectivity index (χ0v) is 13.6. The molecule has 1 rings (SSSR count). The van der Waals surface area contributed by atoms with Crippen molar-refractivity contribution in [3.63, 3.8) is 0 Å². The number of hydrogen-bond donors (Lipinski definition) is 1. The van der Waals surface area contributed by atoms with Gasteiger partial charge in [0, 0.05) is 7.11 Å². The molecule has 0 aliphatic rings. The molecule has 0 heterocycles. The molecule has 2 unspecified atom stereocenters. The van der Waals surface area contributed by atoms with E-state index < -0.39 is 19.8 Å². The molecule has 0 aromatic heterocycles. The molecule has 0 amide bonds. The Morgan fingerprint density at radius 3 is 2.38 bits per heavy atom. The minimum atomic E-state index is -3.64. The fourth-order valence-corrected chi connectivity index (χ4v) is 2.85. The largest absolute Gasteiger partial charge is 0.462 e. The van der Waals surface area contributed by atoms with Crippen LogP contribution in [0.25, 0.3) is 0 Å². The molecule has 0 spiro atoms. The summed E-state index contributed by atoms with van der Waals surface area (Å²) < 4.78 is 28.0. The molecule has 21 heavy (non-hydrogen) atoms. The Hall–Kier alpha value is -1.36. The standard InChI is InChI=1S/C14H22NO5P/c1-5-13(14(16)19-11(2)3)15-21(17,18-4)20-12-9-7-6-8-10-12/h6-11,13H,5H2,1-4H3,(H,15,17). The van der Waals surface area contributed by atoms with Gasteiger partial charge in [-0.1, -0.05) is 25.1 Å². The molecule has 0 aliphatic carbocycles. The van der Waals surface area contributed by atoms with E-state index in [1.807, 2.05) is 6.07 Å². The second kappa shape index (κ2) is 8.17. The van der Waals surface area contributed by atoms with Gasteiger partial charge in [0.25, 0.3) is 0 Å². The van der Waals surface area contributed by atoms with Crippen molar-refractivity contribution in [3.05, 3.63) is 30.3 Å². The maximum Gasteiger partial charge on any atom is 0.459 e. The Balaban J connectivity index is 2.78. The first-order valence-electron chi connectivity index (χ1n) is 6.79. The third-order valence-electron chi connectivity index (χ3n) is 2.57. The zero-order valence-electron chi connectivity index (χ0n) is 12.7. The van der Waals surface area contributed by atoms with Crippen molar-refractivity contribution in [2.45, 2.75) is 39.3 Å². The Morgan fingerprint density at radius 1 is 1.29 bits per heavy atom. The number of esters is 1. The Labute approximate surface area is 125 Å². The van der Waals surface area contributed by atoms with Crippen molar-refractivity contribution in [2.75, 3.05) is 7.11 Å². The molecule has 1 aromatic carbocycles. The van der Waals surface area contributed by atoms with Gasteiger partial charge in [-0.15, -0.1) is 0 Å². The average molecular weight is 315 g/mol.